The Labute approximate surface area is 158 Å². The van der Waals surface area contributed by atoms with Gasteiger partial charge in [0.25, 0.3) is 0 Å². The highest BCUT2D eigenvalue weighted by molar-refractivity contribution is 5.76. The number of fused-ring (bicyclic) bond motifs is 2. The summed E-state index contributed by atoms with van der Waals surface area (Å²) in [5.41, 5.74) is 1.12. The van der Waals surface area contributed by atoms with Crippen LogP contribution in [-0.4, -0.2) is 47.8 Å². The van der Waals surface area contributed by atoms with E-state index in [4.69, 9.17) is 4.74 Å². The lowest BCUT2D eigenvalue weighted by molar-refractivity contribution is -0.145. The Hall–Kier alpha value is -0.870. The summed E-state index contributed by atoms with van der Waals surface area (Å²) in [6.07, 6.45) is 8.48. The molecule has 1 saturated heterocycles. The van der Waals surface area contributed by atoms with Crippen molar-refractivity contribution < 1.29 is 14.6 Å². The van der Waals surface area contributed by atoms with Gasteiger partial charge in [0.1, 0.15) is 6.10 Å². The van der Waals surface area contributed by atoms with Gasteiger partial charge in [-0.05, 0) is 50.5 Å². The summed E-state index contributed by atoms with van der Waals surface area (Å²) in [5, 5.41) is 11.4. The Morgan fingerprint density at radius 3 is 2.77 bits per heavy atom. The summed E-state index contributed by atoms with van der Waals surface area (Å²) in [6.45, 7) is 9.57. The first-order valence-corrected chi connectivity index (χ1v) is 10.8. The number of carbonyl (C=O) groups excluding carboxylic acids is 1. The first-order valence-electron chi connectivity index (χ1n) is 10.8. The van der Waals surface area contributed by atoms with Crippen molar-refractivity contribution in [3.05, 3.63) is 11.6 Å². The third kappa shape index (κ3) is 3.03. The molecule has 2 saturated carbocycles. The third-order valence-electron chi connectivity index (χ3n) is 7.78. The number of nitrogens with zero attached hydrogens (tertiary/aromatic N) is 1. The fourth-order valence-electron chi connectivity index (χ4n) is 5.79. The molecule has 0 radical (unpaired) electrons. The smallest absolute Gasteiger partial charge is 0.311 e. The van der Waals surface area contributed by atoms with Gasteiger partial charge in [-0.3, -0.25) is 4.79 Å². The van der Waals surface area contributed by atoms with E-state index in [9.17, 15) is 9.90 Å². The van der Waals surface area contributed by atoms with Gasteiger partial charge in [0.2, 0.25) is 0 Å². The highest BCUT2D eigenvalue weighted by Gasteiger charge is 2.59. The van der Waals surface area contributed by atoms with Gasteiger partial charge in [0, 0.05) is 30.8 Å². The molecule has 3 aliphatic carbocycles. The summed E-state index contributed by atoms with van der Waals surface area (Å²) < 4.78 is 5.81. The van der Waals surface area contributed by atoms with Crippen LogP contribution in [0.2, 0.25) is 0 Å². The van der Waals surface area contributed by atoms with Crippen molar-refractivity contribution >= 4 is 5.97 Å². The summed E-state index contributed by atoms with van der Waals surface area (Å²) in [7, 11) is 0. The van der Waals surface area contributed by atoms with Gasteiger partial charge in [-0.1, -0.05) is 32.4 Å². The van der Waals surface area contributed by atoms with Crippen LogP contribution in [0.1, 0.15) is 59.3 Å². The number of ether oxygens (including phenoxy) is 1. The minimum absolute atomic E-state index is 0.0521. The number of rotatable bonds is 6. The van der Waals surface area contributed by atoms with Crippen LogP contribution in [0.15, 0.2) is 11.6 Å². The number of hydrogen-bond donors (Lipinski definition) is 1. The molecular formula is C22H35NO3. The van der Waals surface area contributed by atoms with Crippen molar-refractivity contribution in [1.29, 1.82) is 0 Å². The van der Waals surface area contributed by atoms with E-state index in [1.807, 2.05) is 0 Å². The molecule has 0 aromatic heterocycles. The maximum Gasteiger partial charge on any atom is 0.311 e. The van der Waals surface area contributed by atoms with Crippen LogP contribution in [0.4, 0.5) is 0 Å². The lowest BCUT2D eigenvalue weighted by Crippen LogP contribution is -2.54. The Bertz CT molecular complexity index is 584. The van der Waals surface area contributed by atoms with Gasteiger partial charge in [0.15, 0.2) is 0 Å². The minimum atomic E-state index is -0.483. The van der Waals surface area contributed by atoms with Crippen LogP contribution >= 0.6 is 0 Å². The zero-order valence-corrected chi connectivity index (χ0v) is 16.6. The molecule has 6 atom stereocenters. The van der Waals surface area contributed by atoms with E-state index >= 15 is 0 Å². The number of aliphatic hydroxyl groups is 1. The average Bonchev–Trinajstić information content (AvgIpc) is 3.35. The van der Waals surface area contributed by atoms with Gasteiger partial charge < -0.3 is 14.7 Å². The van der Waals surface area contributed by atoms with Gasteiger partial charge in [-0.25, -0.2) is 0 Å². The summed E-state index contributed by atoms with van der Waals surface area (Å²) in [4.78, 5) is 15.2. The van der Waals surface area contributed by atoms with Crippen LogP contribution in [0, 0.1) is 29.1 Å². The molecule has 1 aliphatic heterocycles. The molecule has 1 heterocycles. The number of aliphatic hydroxyl groups excluding tert-OH is 1. The summed E-state index contributed by atoms with van der Waals surface area (Å²) in [5.74, 6) is 0.965. The van der Waals surface area contributed by atoms with Crippen molar-refractivity contribution in [2.24, 2.45) is 29.1 Å². The second-order valence-electron chi connectivity index (χ2n) is 9.50. The molecule has 146 valence electrons. The zero-order chi connectivity index (χ0) is 18.5. The van der Waals surface area contributed by atoms with Gasteiger partial charge >= 0.3 is 5.97 Å². The first-order chi connectivity index (χ1) is 12.4. The van der Waals surface area contributed by atoms with E-state index in [1.165, 1.54) is 18.4 Å². The third-order valence-corrected chi connectivity index (χ3v) is 7.78. The SMILES string of the molecule is CCCN(CC1CC1)CC1C(=O)OC2CC3=CCCC(C)C3(C)C(O)C21. The molecule has 0 aromatic rings. The number of hydrogen-bond acceptors (Lipinski definition) is 4. The van der Waals surface area contributed by atoms with E-state index < -0.39 is 6.10 Å². The first kappa shape index (κ1) is 18.5. The number of esters is 1. The second-order valence-corrected chi connectivity index (χ2v) is 9.50. The van der Waals surface area contributed by atoms with Crippen LogP contribution in [-0.2, 0) is 9.53 Å². The highest BCUT2D eigenvalue weighted by atomic mass is 16.6. The monoisotopic (exact) mass is 361 g/mol. The summed E-state index contributed by atoms with van der Waals surface area (Å²) in [6, 6.07) is 0. The molecule has 6 unspecified atom stereocenters. The molecule has 0 aromatic carbocycles. The predicted molar refractivity (Wildman–Crippen MR) is 102 cm³/mol. The maximum atomic E-state index is 12.7. The largest absolute Gasteiger partial charge is 0.461 e. The molecule has 0 spiro atoms. The summed E-state index contributed by atoms with van der Waals surface area (Å²) >= 11 is 0. The quantitative estimate of drug-likeness (QED) is 0.582. The fourth-order valence-corrected chi connectivity index (χ4v) is 5.79. The number of carbonyl (C=O) groups is 1. The van der Waals surface area contributed by atoms with Crippen molar-refractivity contribution in [1.82, 2.24) is 4.90 Å². The van der Waals surface area contributed by atoms with Crippen molar-refractivity contribution in [3.63, 3.8) is 0 Å². The molecule has 1 N–H and O–H groups in total. The minimum Gasteiger partial charge on any atom is -0.461 e. The fraction of sp³-hybridized carbons (Fsp3) is 0.864. The van der Waals surface area contributed by atoms with Gasteiger partial charge in [0.05, 0.1) is 12.0 Å². The molecule has 3 fully saturated rings. The van der Waals surface area contributed by atoms with Crippen LogP contribution in [0.3, 0.4) is 0 Å². The molecule has 4 nitrogen and oxygen atoms in total. The van der Waals surface area contributed by atoms with E-state index in [0.29, 0.717) is 5.92 Å². The van der Waals surface area contributed by atoms with E-state index in [0.717, 1.165) is 51.2 Å². The van der Waals surface area contributed by atoms with Gasteiger partial charge in [-0.2, -0.15) is 0 Å². The van der Waals surface area contributed by atoms with E-state index in [2.05, 4.69) is 31.7 Å². The van der Waals surface area contributed by atoms with E-state index in [1.54, 1.807) is 0 Å². The van der Waals surface area contributed by atoms with Crippen LogP contribution < -0.4 is 0 Å². The predicted octanol–water partition coefficient (Wildman–Crippen LogP) is 3.39. The molecular weight excluding hydrogens is 326 g/mol. The molecule has 4 aliphatic rings. The molecule has 0 amide bonds. The maximum absolute atomic E-state index is 12.7. The Morgan fingerprint density at radius 2 is 2.08 bits per heavy atom. The van der Waals surface area contributed by atoms with Crippen molar-refractivity contribution in [2.75, 3.05) is 19.6 Å². The Morgan fingerprint density at radius 1 is 1.31 bits per heavy atom. The molecule has 0 bridgehead atoms. The molecule has 4 rings (SSSR count). The van der Waals surface area contributed by atoms with Crippen molar-refractivity contribution in [2.45, 2.75) is 71.5 Å². The van der Waals surface area contributed by atoms with E-state index in [-0.39, 0.29) is 29.3 Å². The lowest BCUT2D eigenvalue weighted by atomic mass is 9.55. The Kier molecular flexibility index (Phi) is 4.94. The second kappa shape index (κ2) is 6.94. The number of allylic oxidation sites excluding steroid dienone is 1. The van der Waals surface area contributed by atoms with Crippen LogP contribution in [0.25, 0.3) is 0 Å². The lowest BCUT2D eigenvalue weighted by Gasteiger charge is -2.52. The highest BCUT2D eigenvalue weighted by Crippen LogP contribution is 2.56. The van der Waals surface area contributed by atoms with Gasteiger partial charge in [-0.15, -0.1) is 0 Å². The zero-order valence-electron chi connectivity index (χ0n) is 16.6. The van der Waals surface area contributed by atoms with Crippen LogP contribution in [0.5, 0.6) is 0 Å². The average molecular weight is 362 g/mol. The molecule has 4 heteroatoms. The normalized spacial score (nSPS) is 42.3. The Balaban J connectivity index is 1.56. The standard InChI is InChI=1S/C22H35NO3/c1-4-10-23(12-15-8-9-15)13-17-19-18(26-21(17)25)11-16-7-5-6-14(2)22(16,3)20(19)24/h7,14-15,17-20,24H,4-6,8-13H2,1-3H3. The molecule has 26 heavy (non-hydrogen) atoms. The topological polar surface area (TPSA) is 49.8 Å². The van der Waals surface area contributed by atoms with Crippen molar-refractivity contribution in [3.8, 4) is 0 Å².